The van der Waals surface area contributed by atoms with Crippen molar-refractivity contribution in [1.29, 1.82) is 0 Å². The minimum Gasteiger partial charge on any atom is -0.490 e. The number of hydrogen-bond acceptors (Lipinski definition) is 5. The number of thioether (sulfide) groups is 1. The van der Waals surface area contributed by atoms with E-state index in [4.69, 9.17) is 4.74 Å². The van der Waals surface area contributed by atoms with Crippen LogP contribution >= 0.6 is 11.8 Å². The molecule has 0 bridgehead atoms. The number of methoxy groups -OCH3 is 1. The van der Waals surface area contributed by atoms with Crippen molar-refractivity contribution >= 4 is 17.7 Å². The van der Waals surface area contributed by atoms with Crippen LogP contribution in [0.15, 0.2) is 24.3 Å². The Hall–Kier alpha value is -1.20. The lowest BCUT2D eigenvalue weighted by molar-refractivity contribution is -0.150. The molecule has 2 atom stereocenters. The van der Waals surface area contributed by atoms with E-state index in [9.17, 15) is 9.90 Å². The fraction of sp³-hybridized carbons (Fsp3) is 0.462. The first-order valence-electron chi connectivity index (χ1n) is 5.81. The van der Waals surface area contributed by atoms with Gasteiger partial charge in [-0.25, -0.2) is 4.79 Å². The maximum absolute atomic E-state index is 11.2. The SMILES string of the molecule is COC(=O)C(O)c1ccc(OC2CCSC2)cc1. The van der Waals surface area contributed by atoms with Gasteiger partial charge in [0.05, 0.1) is 7.11 Å². The fourth-order valence-corrected chi connectivity index (χ4v) is 2.87. The second-order valence-corrected chi connectivity index (χ2v) is 5.25. The summed E-state index contributed by atoms with van der Waals surface area (Å²) in [7, 11) is 1.25. The summed E-state index contributed by atoms with van der Waals surface area (Å²) in [6, 6.07) is 6.90. The summed E-state index contributed by atoms with van der Waals surface area (Å²) in [6.45, 7) is 0. The van der Waals surface area contributed by atoms with Crippen LogP contribution in [-0.4, -0.2) is 35.8 Å². The van der Waals surface area contributed by atoms with E-state index >= 15 is 0 Å². The van der Waals surface area contributed by atoms with Crippen molar-refractivity contribution in [2.75, 3.05) is 18.6 Å². The zero-order valence-corrected chi connectivity index (χ0v) is 11.0. The number of esters is 1. The molecule has 1 N–H and O–H groups in total. The average molecular weight is 268 g/mol. The van der Waals surface area contributed by atoms with Gasteiger partial charge in [0.1, 0.15) is 11.9 Å². The van der Waals surface area contributed by atoms with Gasteiger partial charge in [0, 0.05) is 5.75 Å². The number of ether oxygens (including phenoxy) is 2. The van der Waals surface area contributed by atoms with Gasteiger partial charge in [0.15, 0.2) is 6.10 Å². The first-order valence-corrected chi connectivity index (χ1v) is 6.96. The average Bonchev–Trinajstić information content (AvgIpc) is 2.91. The molecule has 1 aliphatic rings. The summed E-state index contributed by atoms with van der Waals surface area (Å²) < 4.78 is 10.3. The Labute approximate surface area is 110 Å². The Kier molecular flexibility index (Phi) is 4.49. The third kappa shape index (κ3) is 3.17. The Balaban J connectivity index is 1.98. The van der Waals surface area contributed by atoms with E-state index in [-0.39, 0.29) is 6.10 Å². The van der Waals surface area contributed by atoms with Gasteiger partial charge in [-0.1, -0.05) is 12.1 Å². The predicted octanol–water partition coefficient (Wildman–Crippen LogP) is 1.78. The summed E-state index contributed by atoms with van der Waals surface area (Å²) in [5.41, 5.74) is 0.509. The highest BCUT2D eigenvalue weighted by Gasteiger charge is 2.19. The molecule has 1 heterocycles. The molecule has 1 saturated heterocycles. The van der Waals surface area contributed by atoms with Crippen LogP contribution in [-0.2, 0) is 9.53 Å². The van der Waals surface area contributed by atoms with E-state index < -0.39 is 12.1 Å². The molecule has 5 heteroatoms. The number of hydrogen-bond donors (Lipinski definition) is 1. The highest BCUT2D eigenvalue weighted by Crippen LogP contribution is 2.24. The molecule has 0 radical (unpaired) electrons. The van der Waals surface area contributed by atoms with Crippen molar-refractivity contribution in [3.63, 3.8) is 0 Å². The first kappa shape index (κ1) is 13.2. The molecule has 18 heavy (non-hydrogen) atoms. The van der Waals surface area contributed by atoms with Crippen molar-refractivity contribution in [2.24, 2.45) is 0 Å². The Morgan fingerprint density at radius 1 is 1.44 bits per heavy atom. The molecule has 1 aromatic rings. The third-order valence-electron chi connectivity index (χ3n) is 2.81. The highest BCUT2D eigenvalue weighted by molar-refractivity contribution is 7.99. The molecule has 2 unspecified atom stereocenters. The van der Waals surface area contributed by atoms with Crippen molar-refractivity contribution in [3.05, 3.63) is 29.8 Å². The molecule has 4 nitrogen and oxygen atoms in total. The number of rotatable bonds is 4. The number of aliphatic hydroxyl groups excluding tert-OH is 1. The van der Waals surface area contributed by atoms with Gasteiger partial charge in [-0.3, -0.25) is 0 Å². The van der Waals surface area contributed by atoms with E-state index in [1.165, 1.54) is 7.11 Å². The van der Waals surface area contributed by atoms with E-state index in [1.807, 2.05) is 11.8 Å². The van der Waals surface area contributed by atoms with E-state index in [0.29, 0.717) is 5.56 Å². The highest BCUT2D eigenvalue weighted by atomic mass is 32.2. The Bertz CT molecular complexity index is 398. The molecule has 1 aliphatic heterocycles. The molecule has 0 amide bonds. The van der Waals surface area contributed by atoms with Crippen molar-refractivity contribution in [1.82, 2.24) is 0 Å². The number of carbonyl (C=O) groups is 1. The maximum atomic E-state index is 11.2. The molecule has 2 rings (SSSR count). The van der Waals surface area contributed by atoms with Gasteiger partial charge in [-0.05, 0) is 29.9 Å². The minimum atomic E-state index is -1.23. The second-order valence-electron chi connectivity index (χ2n) is 4.10. The van der Waals surface area contributed by atoms with Crippen LogP contribution in [0.2, 0.25) is 0 Å². The van der Waals surface area contributed by atoms with Gasteiger partial charge >= 0.3 is 5.97 Å². The van der Waals surface area contributed by atoms with Gasteiger partial charge in [0.2, 0.25) is 0 Å². The normalized spacial score (nSPS) is 20.4. The number of benzene rings is 1. The molecular weight excluding hydrogens is 252 g/mol. The molecule has 0 aliphatic carbocycles. The largest absolute Gasteiger partial charge is 0.490 e. The first-order chi connectivity index (χ1) is 8.70. The van der Waals surface area contributed by atoms with Crippen molar-refractivity contribution < 1.29 is 19.4 Å². The quantitative estimate of drug-likeness (QED) is 0.844. The molecule has 1 fully saturated rings. The summed E-state index contributed by atoms with van der Waals surface area (Å²) in [6.07, 6.45) is 0.106. The van der Waals surface area contributed by atoms with Crippen LogP contribution in [0.5, 0.6) is 5.75 Å². The van der Waals surface area contributed by atoms with Crippen molar-refractivity contribution in [3.8, 4) is 5.75 Å². The molecule has 0 spiro atoms. The van der Waals surface area contributed by atoms with E-state index in [0.717, 1.165) is 23.7 Å². The molecule has 1 aromatic carbocycles. The minimum absolute atomic E-state index is 0.270. The Morgan fingerprint density at radius 2 is 2.17 bits per heavy atom. The lowest BCUT2D eigenvalue weighted by atomic mass is 10.1. The second kappa shape index (κ2) is 6.11. The van der Waals surface area contributed by atoms with Crippen LogP contribution in [0, 0.1) is 0 Å². The summed E-state index contributed by atoms with van der Waals surface area (Å²) >= 11 is 1.89. The Morgan fingerprint density at radius 3 is 2.72 bits per heavy atom. The molecular formula is C13H16O4S. The van der Waals surface area contributed by atoms with Crippen LogP contribution in [0.1, 0.15) is 18.1 Å². The molecule has 0 aromatic heterocycles. The topological polar surface area (TPSA) is 55.8 Å². The monoisotopic (exact) mass is 268 g/mol. The lowest BCUT2D eigenvalue weighted by Crippen LogP contribution is -2.15. The van der Waals surface area contributed by atoms with Crippen LogP contribution in [0.25, 0.3) is 0 Å². The standard InChI is InChI=1S/C13H16O4S/c1-16-13(15)12(14)9-2-4-10(5-3-9)17-11-6-7-18-8-11/h2-5,11-12,14H,6-8H2,1H3. The summed E-state index contributed by atoms with van der Waals surface area (Å²) in [4.78, 5) is 11.2. The number of aliphatic hydroxyl groups is 1. The zero-order chi connectivity index (χ0) is 13.0. The van der Waals surface area contributed by atoms with E-state index in [1.54, 1.807) is 24.3 Å². The van der Waals surface area contributed by atoms with Crippen LogP contribution in [0.4, 0.5) is 0 Å². The lowest BCUT2D eigenvalue weighted by Gasteiger charge is -2.13. The predicted molar refractivity (Wildman–Crippen MR) is 69.8 cm³/mol. The maximum Gasteiger partial charge on any atom is 0.339 e. The van der Waals surface area contributed by atoms with Crippen LogP contribution in [0.3, 0.4) is 0 Å². The third-order valence-corrected chi connectivity index (χ3v) is 3.94. The van der Waals surface area contributed by atoms with Crippen molar-refractivity contribution in [2.45, 2.75) is 18.6 Å². The van der Waals surface area contributed by atoms with E-state index in [2.05, 4.69) is 4.74 Å². The molecule has 98 valence electrons. The van der Waals surface area contributed by atoms with Gasteiger partial charge in [0.25, 0.3) is 0 Å². The van der Waals surface area contributed by atoms with Gasteiger partial charge in [-0.15, -0.1) is 0 Å². The van der Waals surface area contributed by atoms with Crippen LogP contribution < -0.4 is 4.74 Å². The van der Waals surface area contributed by atoms with Gasteiger partial charge in [-0.2, -0.15) is 11.8 Å². The van der Waals surface area contributed by atoms with Gasteiger partial charge < -0.3 is 14.6 Å². The smallest absolute Gasteiger partial charge is 0.339 e. The summed E-state index contributed by atoms with van der Waals surface area (Å²) in [5.74, 6) is 2.27. The summed E-state index contributed by atoms with van der Waals surface area (Å²) in [5, 5.41) is 9.65. The number of carbonyl (C=O) groups excluding carboxylic acids is 1. The fourth-order valence-electron chi connectivity index (χ4n) is 1.77. The molecule has 0 saturated carbocycles. The zero-order valence-electron chi connectivity index (χ0n) is 10.2.